The Morgan fingerprint density at radius 1 is 1.06 bits per heavy atom. The first kappa shape index (κ1) is 21.9. The topological polar surface area (TPSA) is 67.4 Å². The highest BCUT2D eigenvalue weighted by Gasteiger charge is 2.19. The predicted molar refractivity (Wildman–Crippen MR) is 136 cm³/mol. The lowest BCUT2D eigenvalue weighted by molar-refractivity contribution is -0.115. The number of morpholine rings is 1. The highest BCUT2D eigenvalue weighted by Crippen LogP contribution is 2.32. The molecule has 8 heteroatoms. The zero-order chi connectivity index (χ0) is 22.6. The Balaban J connectivity index is 1.31. The number of thiophene rings is 1. The maximum Gasteiger partial charge on any atom is 0.237 e. The van der Waals surface area contributed by atoms with Crippen LogP contribution < -0.4 is 10.2 Å². The third kappa shape index (κ3) is 5.03. The van der Waals surface area contributed by atoms with Crippen molar-refractivity contribution in [3.63, 3.8) is 0 Å². The van der Waals surface area contributed by atoms with Gasteiger partial charge in [0.05, 0.1) is 28.9 Å². The van der Waals surface area contributed by atoms with Crippen molar-refractivity contribution in [2.24, 2.45) is 0 Å². The van der Waals surface area contributed by atoms with Gasteiger partial charge in [-0.05, 0) is 48.7 Å². The summed E-state index contributed by atoms with van der Waals surface area (Å²) in [4.78, 5) is 25.8. The van der Waals surface area contributed by atoms with Crippen LogP contribution in [0.25, 0.3) is 21.6 Å². The van der Waals surface area contributed by atoms with E-state index in [1.54, 1.807) is 11.3 Å². The molecule has 1 N–H and O–H groups in total. The monoisotopic (exact) mass is 476 g/mol. The van der Waals surface area contributed by atoms with E-state index in [2.05, 4.69) is 10.2 Å². The molecule has 1 aliphatic heterocycles. The number of fused-ring (bicyclic) bond motifs is 1. The first-order chi connectivity index (χ1) is 16.2. The van der Waals surface area contributed by atoms with Crippen molar-refractivity contribution < 1.29 is 9.53 Å². The average molecular weight is 477 g/mol. The smallest absolute Gasteiger partial charge is 0.237 e. The maximum atomic E-state index is 13.0. The Morgan fingerprint density at radius 2 is 1.85 bits per heavy atom. The van der Waals surface area contributed by atoms with Gasteiger partial charge in [-0.15, -0.1) is 11.3 Å². The minimum Gasteiger partial charge on any atom is -0.378 e. The lowest BCUT2D eigenvalue weighted by atomic mass is 10.2. The van der Waals surface area contributed by atoms with Crippen molar-refractivity contribution in [3.05, 3.63) is 66.0 Å². The number of hydrogen-bond donors (Lipinski definition) is 1. The van der Waals surface area contributed by atoms with Crippen LogP contribution in [0, 0.1) is 0 Å². The van der Waals surface area contributed by atoms with Crippen LogP contribution in [0.3, 0.4) is 0 Å². The highest BCUT2D eigenvalue weighted by atomic mass is 32.2. The molecule has 0 saturated carbocycles. The second kappa shape index (κ2) is 9.91. The molecule has 0 unspecified atom stereocenters. The summed E-state index contributed by atoms with van der Waals surface area (Å²) in [7, 11) is 0. The lowest BCUT2D eigenvalue weighted by Crippen LogP contribution is -2.36. The molecule has 168 valence electrons. The number of carbonyl (C=O) groups is 1. The number of amides is 1. The molecule has 2 aromatic carbocycles. The van der Waals surface area contributed by atoms with Gasteiger partial charge < -0.3 is 15.0 Å². The highest BCUT2D eigenvalue weighted by molar-refractivity contribution is 8.00. The van der Waals surface area contributed by atoms with Crippen molar-refractivity contribution in [1.29, 1.82) is 0 Å². The molecule has 1 aliphatic rings. The number of thioether (sulfide) groups is 1. The molecule has 2 aromatic heterocycles. The third-order valence-corrected chi connectivity index (χ3v) is 7.45. The molecule has 3 heterocycles. The van der Waals surface area contributed by atoms with Gasteiger partial charge >= 0.3 is 0 Å². The number of para-hydroxylation sites is 1. The summed E-state index contributed by atoms with van der Waals surface area (Å²) < 4.78 is 5.42. The van der Waals surface area contributed by atoms with Crippen LogP contribution in [0.15, 0.2) is 71.1 Å². The van der Waals surface area contributed by atoms with Gasteiger partial charge in [-0.3, -0.25) is 4.79 Å². The minimum atomic E-state index is -0.321. The fourth-order valence-corrected chi connectivity index (χ4v) is 5.29. The SMILES string of the molecule is C[C@@H](Sc1nc(-c2cccs2)nc2ccccc12)C(=O)Nc1ccc(N2CCOCC2)cc1. The van der Waals surface area contributed by atoms with Crippen molar-refractivity contribution in [2.75, 3.05) is 36.5 Å². The van der Waals surface area contributed by atoms with E-state index >= 15 is 0 Å². The summed E-state index contributed by atoms with van der Waals surface area (Å²) in [6.45, 7) is 5.18. The van der Waals surface area contributed by atoms with E-state index in [0.29, 0.717) is 5.82 Å². The van der Waals surface area contributed by atoms with E-state index in [4.69, 9.17) is 14.7 Å². The molecule has 4 aromatic rings. The zero-order valence-electron chi connectivity index (χ0n) is 18.2. The Kier molecular flexibility index (Phi) is 6.57. The molecular weight excluding hydrogens is 452 g/mol. The first-order valence-corrected chi connectivity index (χ1v) is 12.6. The van der Waals surface area contributed by atoms with Gasteiger partial charge in [0.2, 0.25) is 5.91 Å². The molecule has 6 nitrogen and oxygen atoms in total. The number of aromatic nitrogens is 2. The van der Waals surface area contributed by atoms with Gasteiger partial charge in [0.25, 0.3) is 0 Å². The van der Waals surface area contributed by atoms with Gasteiger partial charge in [0.15, 0.2) is 5.82 Å². The third-order valence-electron chi connectivity index (χ3n) is 5.48. The van der Waals surface area contributed by atoms with Crippen LogP contribution >= 0.6 is 23.1 Å². The van der Waals surface area contributed by atoms with E-state index < -0.39 is 0 Å². The number of carbonyl (C=O) groups excluding carboxylic acids is 1. The Hall–Kier alpha value is -2.94. The lowest BCUT2D eigenvalue weighted by Gasteiger charge is -2.28. The molecule has 0 radical (unpaired) electrons. The molecule has 1 amide bonds. The number of nitrogens with zero attached hydrogens (tertiary/aromatic N) is 3. The molecule has 0 aliphatic carbocycles. The molecule has 0 bridgehead atoms. The molecular formula is C25H24N4O2S2. The van der Waals surface area contributed by atoms with Crippen LogP contribution in [0.2, 0.25) is 0 Å². The van der Waals surface area contributed by atoms with Crippen molar-refractivity contribution in [1.82, 2.24) is 9.97 Å². The van der Waals surface area contributed by atoms with Crippen LogP contribution in [-0.4, -0.2) is 47.4 Å². The molecule has 1 fully saturated rings. The summed E-state index contributed by atoms with van der Waals surface area (Å²) in [5.41, 5.74) is 2.81. The zero-order valence-corrected chi connectivity index (χ0v) is 19.9. The number of benzene rings is 2. The van der Waals surface area contributed by atoms with Crippen molar-refractivity contribution in [2.45, 2.75) is 17.2 Å². The summed E-state index contributed by atoms with van der Waals surface area (Å²) in [6.07, 6.45) is 0. The van der Waals surface area contributed by atoms with E-state index in [1.807, 2.05) is 73.0 Å². The van der Waals surface area contributed by atoms with Gasteiger partial charge in [-0.1, -0.05) is 36.0 Å². The Morgan fingerprint density at radius 3 is 2.61 bits per heavy atom. The molecule has 5 rings (SSSR count). The Labute approximate surface area is 201 Å². The first-order valence-electron chi connectivity index (χ1n) is 10.9. The van der Waals surface area contributed by atoms with Gasteiger partial charge in [-0.2, -0.15) is 0 Å². The maximum absolute atomic E-state index is 13.0. The molecule has 33 heavy (non-hydrogen) atoms. The Bertz CT molecular complexity index is 1240. The fraction of sp³-hybridized carbons (Fsp3) is 0.240. The van der Waals surface area contributed by atoms with E-state index in [-0.39, 0.29) is 11.2 Å². The summed E-state index contributed by atoms with van der Waals surface area (Å²) in [6, 6.07) is 19.9. The summed E-state index contributed by atoms with van der Waals surface area (Å²) >= 11 is 3.06. The summed E-state index contributed by atoms with van der Waals surface area (Å²) in [5.74, 6) is 0.636. The number of hydrogen-bond acceptors (Lipinski definition) is 7. The average Bonchev–Trinajstić information content (AvgIpc) is 3.40. The van der Waals surface area contributed by atoms with Crippen LogP contribution in [0.5, 0.6) is 0 Å². The van der Waals surface area contributed by atoms with Crippen LogP contribution in [0.1, 0.15) is 6.92 Å². The number of ether oxygens (including phenoxy) is 1. The van der Waals surface area contributed by atoms with Crippen LogP contribution in [-0.2, 0) is 9.53 Å². The standard InChI is InChI=1S/C25H24N4O2S2/c1-17(24(30)26-18-8-10-19(11-9-18)29-12-14-31-15-13-29)33-25-20-5-2-3-6-21(20)27-23(28-25)22-7-4-16-32-22/h2-11,16-17H,12-15H2,1H3,(H,26,30)/t17-/m1/s1. The largest absolute Gasteiger partial charge is 0.378 e. The number of anilines is 2. The number of nitrogens with one attached hydrogen (secondary N) is 1. The molecule has 0 spiro atoms. The quantitative estimate of drug-likeness (QED) is 0.300. The second-order valence-electron chi connectivity index (χ2n) is 7.74. The van der Waals surface area contributed by atoms with E-state index in [1.165, 1.54) is 11.8 Å². The van der Waals surface area contributed by atoms with Gasteiger partial charge in [0, 0.05) is 29.9 Å². The van der Waals surface area contributed by atoms with Gasteiger partial charge in [0.1, 0.15) is 5.03 Å². The van der Waals surface area contributed by atoms with Crippen molar-refractivity contribution >= 4 is 51.3 Å². The normalized spacial score (nSPS) is 14.9. The predicted octanol–water partition coefficient (Wildman–Crippen LogP) is 5.31. The fourth-order valence-electron chi connectivity index (χ4n) is 3.70. The summed E-state index contributed by atoms with van der Waals surface area (Å²) in [5, 5.41) is 6.50. The van der Waals surface area contributed by atoms with E-state index in [0.717, 1.165) is 58.5 Å². The van der Waals surface area contributed by atoms with Gasteiger partial charge in [-0.25, -0.2) is 9.97 Å². The molecule has 1 atom stereocenters. The van der Waals surface area contributed by atoms with E-state index in [9.17, 15) is 4.79 Å². The van der Waals surface area contributed by atoms with Crippen LogP contribution in [0.4, 0.5) is 11.4 Å². The minimum absolute atomic E-state index is 0.0560. The molecule has 1 saturated heterocycles. The second-order valence-corrected chi connectivity index (χ2v) is 10.0. The van der Waals surface area contributed by atoms with Crippen molar-refractivity contribution in [3.8, 4) is 10.7 Å². The number of rotatable bonds is 6.